The maximum atomic E-state index is 11.1. The van der Waals surface area contributed by atoms with Gasteiger partial charge in [-0.2, -0.15) is 0 Å². The van der Waals surface area contributed by atoms with Gasteiger partial charge < -0.3 is 4.90 Å². The van der Waals surface area contributed by atoms with E-state index < -0.39 is 0 Å². The molecule has 0 unspecified atom stereocenters. The van der Waals surface area contributed by atoms with Gasteiger partial charge in [-0.25, -0.2) is 0 Å². The van der Waals surface area contributed by atoms with Crippen molar-refractivity contribution >= 4 is 17.5 Å². The van der Waals surface area contributed by atoms with Gasteiger partial charge in [-0.3, -0.25) is 4.79 Å². The first kappa shape index (κ1) is 11.8. The van der Waals surface area contributed by atoms with Gasteiger partial charge in [0, 0.05) is 25.9 Å². The predicted molar refractivity (Wildman–Crippen MR) is 52.5 cm³/mol. The average molecular weight is 192 g/mol. The van der Waals surface area contributed by atoms with Crippen LogP contribution in [0, 0.1) is 0 Å². The van der Waals surface area contributed by atoms with Gasteiger partial charge in [0.05, 0.1) is 0 Å². The van der Waals surface area contributed by atoms with E-state index in [1.807, 2.05) is 14.0 Å². The smallest absolute Gasteiger partial charge is 0.222 e. The molecule has 0 saturated heterocycles. The fraction of sp³-hybridized carbons (Fsp3) is 0.889. The van der Waals surface area contributed by atoms with E-state index in [2.05, 4.69) is 0 Å². The Balaban J connectivity index is 3.31. The highest BCUT2D eigenvalue weighted by Crippen LogP contribution is 1.99. The van der Waals surface area contributed by atoms with Crippen LogP contribution in [0.1, 0.15) is 32.6 Å². The number of carbonyl (C=O) groups excluding carboxylic acids is 1. The van der Waals surface area contributed by atoms with Crippen molar-refractivity contribution in [2.45, 2.75) is 32.6 Å². The average Bonchev–Trinajstić information content (AvgIpc) is 2.10. The van der Waals surface area contributed by atoms with Gasteiger partial charge in [-0.15, -0.1) is 11.6 Å². The van der Waals surface area contributed by atoms with Crippen molar-refractivity contribution < 1.29 is 4.79 Å². The molecule has 0 rings (SSSR count). The zero-order valence-electron chi connectivity index (χ0n) is 7.98. The number of rotatable bonds is 6. The maximum absolute atomic E-state index is 11.1. The number of amides is 1. The molecule has 0 N–H and O–H groups in total. The number of alkyl halides is 1. The normalized spacial score (nSPS) is 9.92. The van der Waals surface area contributed by atoms with E-state index in [1.54, 1.807) is 4.90 Å². The molecular weight excluding hydrogens is 174 g/mol. The summed E-state index contributed by atoms with van der Waals surface area (Å²) in [6, 6.07) is 0. The molecule has 2 nitrogen and oxygen atoms in total. The second-order valence-electron chi connectivity index (χ2n) is 2.92. The van der Waals surface area contributed by atoms with Gasteiger partial charge in [0.1, 0.15) is 0 Å². The molecule has 0 aliphatic carbocycles. The van der Waals surface area contributed by atoms with Crippen molar-refractivity contribution in [1.82, 2.24) is 4.90 Å². The number of nitrogens with zero attached hydrogens (tertiary/aromatic N) is 1. The third kappa shape index (κ3) is 5.42. The number of halogens is 1. The van der Waals surface area contributed by atoms with E-state index in [-0.39, 0.29) is 5.91 Å². The Labute approximate surface area is 79.9 Å². The summed E-state index contributed by atoms with van der Waals surface area (Å²) in [6.45, 7) is 2.75. The van der Waals surface area contributed by atoms with Crippen LogP contribution in [0.2, 0.25) is 0 Å². The molecule has 0 aromatic heterocycles. The highest BCUT2D eigenvalue weighted by molar-refractivity contribution is 6.17. The lowest BCUT2D eigenvalue weighted by Crippen LogP contribution is -2.26. The number of hydrogen-bond acceptors (Lipinski definition) is 1. The molecule has 3 heteroatoms. The summed E-state index contributed by atoms with van der Waals surface area (Å²) in [5.74, 6) is 0.951. The second-order valence-corrected chi connectivity index (χ2v) is 3.30. The van der Waals surface area contributed by atoms with Gasteiger partial charge in [-0.1, -0.05) is 13.3 Å². The predicted octanol–water partition coefficient (Wildman–Crippen LogP) is 2.26. The van der Waals surface area contributed by atoms with Crippen LogP contribution in [0.4, 0.5) is 0 Å². The van der Waals surface area contributed by atoms with Gasteiger partial charge in [0.25, 0.3) is 0 Å². The molecule has 0 aliphatic rings. The molecular formula is C9H18ClNO. The van der Waals surface area contributed by atoms with E-state index in [1.165, 1.54) is 0 Å². The van der Waals surface area contributed by atoms with Crippen LogP contribution in [0.15, 0.2) is 0 Å². The largest absolute Gasteiger partial charge is 0.346 e. The molecule has 72 valence electrons. The Morgan fingerprint density at radius 2 is 2.00 bits per heavy atom. The SMILES string of the molecule is CCC(=O)N(C)CCCCCCl. The van der Waals surface area contributed by atoms with E-state index >= 15 is 0 Å². The zero-order valence-corrected chi connectivity index (χ0v) is 8.73. The molecule has 0 aromatic carbocycles. The Kier molecular flexibility index (Phi) is 7.26. The summed E-state index contributed by atoms with van der Waals surface area (Å²) in [7, 11) is 1.85. The minimum Gasteiger partial charge on any atom is -0.346 e. The second kappa shape index (κ2) is 7.41. The molecule has 12 heavy (non-hydrogen) atoms. The third-order valence-corrected chi connectivity index (χ3v) is 2.12. The number of unbranched alkanes of at least 4 members (excludes halogenated alkanes) is 2. The van der Waals surface area contributed by atoms with Gasteiger partial charge in [0.15, 0.2) is 0 Å². The summed E-state index contributed by atoms with van der Waals surface area (Å²) < 4.78 is 0. The van der Waals surface area contributed by atoms with E-state index in [4.69, 9.17) is 11.6 Å². The van der Waals surface area contributed by atoms with Gasteiger partial charge in [-0.05, 0) is 12.8 Å². The van der Waals surface area contributed by atoms with Crippen LogP contribution in [-0.2, 0) is 4.79 Å². The molecule has 0 heterocycles. The Hall–Kier alpha value is -0.240. The first-order chi connectivity index (χ1) is 5.72. The third-order valence-electron chi connectivity index (χ3n) is 1.86. The lowest BCUT2D eigenvalue weighted by molar-refractivity contribution is -0.129. The van der Waals surface area contributed by atoms with E-state index in [0.29, 0.717) is 6.42 Å². The van der Waals surface area contributed by atoms with Crippen molar-refractivity contribution in [3.05, 3.63) is 0 Å². The summed E-state index contributed by atoms with van der Waals surface area (Å²) in [4.78, 5) is 12.9. The van der Waals surface area contributed by atoms with Crippen LogP contribution in [0.3, 0.4) is 0 Å². The molecule has 0 radical (unpaired) electrons. The summed E-state index contributed by atoms with van der Waals surface area (Å²) >= 11 is 5.53. The van der Waals surface area contributed by atoms with Crippen LogP contribution in [0.25, 0.3) is 0 Å². The van der Waals surface area contributed by atoms with Crippen molar-refractivity contribution in [2.24, 2.45) is 0 Å². The lowest BCUT2D eigenvalue weighted by atomic mass is 10.2. The Morgan fingerprint density at radius 3 is 2.50 bits per heavy atom. The minimum atomic E-state index is 0.223. The molecule has 0 aliphatic heterocycles. The topological polar surface area (TPSA) is 20.3 Å². The van der Waals surface area contributed by atoms with Gasteiger partial charge >= 0.3 is 0 Å². The summed E-state index contributed by atoms with van der Waals surface area (Å²) in [5.41, 5.74) is 0. The molecule has 0 bridgehead atoms. The molecule has 1 amide bonds. The van der Waals surface area contributed by atoms with Crippen LogP contribution >= 0.6 is 11.6 Å². The molecule has 0 spiro atoms. The number of hydrogen-bond donors (Lipinski definition) is 0. The van der Waals surface area contributed by atoms with Crippen LogP contribution < -0.4 is 0 Å². The zero-order chi connectivity index (χ0) is 9.40. The Bertz CT molecular complexity index is 128. The number of carbonyl (C=O) groups is 1. The van der Waals surface area contributed by atoms with E-state index in [0.717, 1.165) is 31.7 Å². The molecule has 0 atom stereocenters. The highest BCUT2D eigenvalue weighted by Gasteiger charge is 2.03. The van der Waals surface area contributed by atoms with Crippen molar-refractivity contribution in [2.75, 3.05) is 19.5 Å². The standard InChI is InChI=1S/C9H18ClNO/c1-3-9(12)11(2)8-6-4-5-7-10/h3-8H2,1-2H3. The fourth-order valence-electron chi connectivity index (χ4n) is 1.01. The summed E-state index contributed by atoms with van der Waals surface area (Å²) in [6.07, 6.45) is 3.83. The first-order valence-electron chi connectivity index (χ1n) is 4.52. The fourth-order valence-corrected chi connectivity index (χ4v) is 1.20. The molecule has 0 fully saturated rings. The van der Waals surface area contributed by atoms with Gasteiger partial charge in [0.2, 0.25) is 5.91 Å². The first-order valence-corrected chi connectivity index (χ1v) is 5.05. The Morgan fingerprint density at radius 1 is 1.33 bits per heavy atom. The lowest BCUT2D eigenvalue weighted by Gasteiger charge is -2.15. The molecule has 0 saturated carbocycles. The quantitative estimate of drug-likeness (QED) is 0.466. The summed E-state index contributed by atoms with van der Waals surface area (Å²) in [5, 5.41) is 0. The van der Waals surface area contributed by atoms with Crippen LogP contribution in [0.5, 0.6) is 0 Å². The molecule has 0 aromatic rings. The highest BCUT2D eigenvalue weighted by atomic mass is 35.5. The van der Waals surface area contributed by atoms with Crippen LogP contribution in [-0.4, -0.2) is 30.3 Å². The maximum Gasteiger partial charge on any atom is 0.222 e. The minimum absolute atomic E-state index is 0.223. The van der Waals surface area contributed by atoms with Crippen molar-refractivity contribution in [3.8, 4) is 0 Å². The van der Waals surface area contributed by atoms with Crippen molar-refractivity contribution in [1.29, 1.82) is 0 Å². The van der Waals surface area contributed by atoms with Crippen molar-refractivity contribution in [3.63, 3.8) is 0 Å². The monoisotopic (exact) mass is 191 g/mol. The van der Waals surface area contributed by atoms with E-state index in [9.17, 15) is 4.79 Å².